The Morgan fingerprint density at radius 1 is 1.22 bits per heavy atom. The Morgan fingerprint density at radius 3 is 2.61 bits per heavy atom. The second kappa shape index (κ2) is 6.08. The zero-order valence-corrected chi connectivity index (χ0v) is 13.4. The summed E-state index contributed by atoms with van der Waals surface area (Å²) in [7, 11) is 0. The van der Waals surface area contributed by atoms with Gasteiger partial charge in [-0.05, 0) is 36.8 Å². The third kappa shape index (κ3) is 2.96. The molecule has 0 bridgehead atoms. The summed E-state index contributed by atoms with van der Waals surface area (Å²) in [5.74, 6) is 2.22. The van der Waals surface area contributed by atoms with E-state index in [1.807, 2.05) is 12.1 Å². The topological polar surface area (TPSA) is 71.0 Å². The van der Waals surface area contributed by atoms with E-state index in [0.717, 1.165) is 30.7 Å². The lowest BCUT2D eigenvalue weighted by Crippen LogP contribution is -2.21. The van der Waals surface area contributed by atoms with Crippen molar-refractivity contribution in [3.05, 3.63) is 41.6 Å². The Kier molecular flexibility index (Phi) is 3.78. The largest absolute Gasteiger partial charge is 0.356 e. The minimum Gasteiger partial charge on any atom is -0.356 e. The number of nitrogens with zero attached hydrogens (tertiary/aromatic N) is 4. The molecule has 1 saturated heterocycles. The van der Waals surface area contributed by atoms with Gasteiger partial charge in [0.25, 0.3) is 5.91 Å². The SMILES string of the molecule is O=C(Nc1nncs1)c1ccc(N2CC3CC=CCC3C2)nc1. The fourth-order valence-corrected chi connectivity index (χ4v) is 3.75. The molecule has 0 saturated carbocycles. The van der Waals surface area contributed by atoms with Crippen LogP contribution in [0.4, 0.5) is 10.9 Å². The lowest BCUT2D eigenvalue weighted by molar-refractivity contribution is 0.102. The number of rotatable bonds is 3. The number of allylic oxidation sites excluding steroid dienone is 2. The first-order valence-corrected chi connectivity index (χ1v) is 8.61. The fraction of sp³-hybridized carbons (Fsp3) is 0.375. The molecular formula is C16H17N5OS. The zero-order valence-electron chi connectivity index (χ0n) is 12.6. The van der Waals surface area contributed by atoms with Crippen LogP contribution in [-0.4, -0.2) is 34.2 Å². The average molecular weight is 327 g/mol. The van der Waals surface area contributed by atoms with E-state index in [9.17, 15) is 4.79 Å². The first-order chi connectivity index (χ1) is 11.3. The fourth-order valence-electron chi connectivity index (χ4n) is 3.31. The molecule has 2 atom stereocenters. The van der Waals surface area contributed by atoms with Gasteiger partial charge in [0.2, 0.25) is 5.13 Å². The molecule has 3 heterocycles. The van der Waals surface area contributed by atoms with Crippen LogP contribution in [0.5, 0.6) is 0 Å². The highest BCUT2D eigenvalue weighted by Crippen LogP contribution is 2.34. The predicted octanol–water partition coefficient (Wildman–Crippen LogP) is 2.59. The molecule has 0 aromatic carbocycles. The summed E-state index contributed by atoms with van der Waals surface area (Å²) in [5, 5.41) is 10.7. The van der Waals surface area contributed by atoms with Gasteiger partial charge in [-0.1, -0.05) is 23.5 Å². The van der Waals surface area contributed by atoms with Crippen LogP contribution in [0, 0.1) is 11.8 Å². The molecule has 1 aliphatic heterocycles. The lowest BCUT2D eigenvalue weighted by Gasteiger charge is -2.17. The Morgan fingerprint density at radius 2 is 2.00 bits per heavy atom. The Hall–Kier alpha value is -2.28. The summed E-state index contributed by atoms with van der Waals surface area (Å²) in [6, 6.07) is 3.75. The third-order valence-corrected chi connectivity index (χ3v) is 5.14. The summed E-state index contributed by atoms with van der Waals surface area (Å²) >= 11 is 1.29. The van der Waals surface area contributed by atoms with E-state index in [2.05, 4.69) is 37.6 Å². The predicted molar refractivity (Wildman–Crippen MR) is 89.7 cm³/mol. The number of carbonyl (C=O) groups excluding carboxylic acids is 1. The normalized spacial score (nSPS) is 22.9. The van der Waals surface area contributed by atoms with E-state index in [0.29, 0.717) is 10.7 Å². The highest BCUT2D eigenvalue weighted by molar-refractivity contribution is 7.13. The van der Waals surface area contributed by atoms with Crippen molar-refractivity contribution < 1.29 is 4.79 Å². The van der Waals surface area contributed by atoms with Crippen molar-refractivity contribution in [2.75, 3.05) is 23.3 Å². The number of hydrogen-bond donors (Lipinski definition) is 1. The van der Waals surface area contributed by atoms with Gasteiger partial charge >= 0.3 is 0 Å². The molecular weight excluding hydrogens is 310 g/mol. The Labute approximate surface area is 138 Å². The number of nitrogens with one attached hydrogen (secondary N) is 1. The molecule has 1 aliphatic carbocycles. The van der Waals surface area contributed by atoms with Gasteiger partial charge in [-0.15, -0.1) is 10.2 Å². The standard InChI is InChI=1S/C16H17N5OS/c22-15(19-16-20-18-10-23-16)11-5-6-14(17-7-11)21-8-12-3-1-2-4-13(12)9-21/h1-2,5-7,10,12-13H,3-4,8-9H2,(H,19,20,22). The van der Waals surface area contributed by atoms with Gasteiger partial charge in [-0.25, -0.2) is 4.98 Å². The van der Waals surface area contributed by atoms with E-state index in [1.54, 1.807) is 11.7 Å². The number of aromatic nitrogens is 3. The van der Waals surface area contributed by atoms with Crippen molar-refractivity contribution >= 4 is 28.2 Å². The van der Waals surface area contributed by atoms with Gasteiger partial charge in [0.1, 0.15) is 11.3 Å². The van der Waals surface area contributed by atoms with Gasteiger partial charge in [-0.3, -0.25) is 10.1 Å². The molecule has 2 aromatic rings. The minimum absolute atomic E-state index is 0.208. The molecule has 0 radical (unpaired) electrons. The maximum absolute atomic E-state index is 12.1. The number of hydrogen-bond acceptors (Lipinski definition) is 6. The van der Waals surface area contributed by atoms with Crippen molar-refractivity contribution in [2.24, 2.45) is 11.8 Å². The Bertz CT molecular complexity index is 697. The third-order valence-electron chi connectivity index (χ3n) is 4.54. The summed E-state index contributed by atoms with van der Waals surface area (Å²) in [6.45, 7) is 2.11. The number of anilines is 2. The number of carbonyl (C=O) groups is 1. The van der Waals surface area contributed by atoms with Crippen LogP contribution in [0.1, 0.15) is 23.2 Å². The van der Waals surface area contributed by atoms with Gasteiger partial charge in [-0.2, -0.15) is 0 Å². The second-order valence-electron chi connectivity index (χ2n) is 5.97. The van der Waals surface area contributed by atoms with E-state index in [4.69, 9.17) is 0 Å². The number of fused-ring (bicyclic) bond motifs is 1. The smallest absolute Gasteiger partial charge is 0.259 e. The lowest BCUT2D eigenvalue weighted by atomic mass is 9.86. The van der Waals surface area contributed by atoms with E-state index in [-0.39, 0.29) is 5.91 Å². The maximum Gasteiger partial charge on any atom is 0.259 e. The first-order valence-electron chi connectivity index (χ1n) is 7.73. The zero-order chi connectivity index (χ0) is 15.6. The quantitative estimate of drug-likeness (QED) is 0.877. The van der Waals surface area contributed by atoms with Gasteiger partial charge < -0.3 is 4.90 Å². The van der Waals surface area contributed by atoms with E-state index in [1.165, 1.54) is 24.2 Å². The molecule has 1 N–H and O–H groups in total. The molecule has 6 nitrogen and oxygen atoms in total. The molecule has 1 amide bonds. The summed E-state index contributed by atoms with van der Waals surface area (Å²) in [4.78, 5) is 18.9. The molecule has 0 spiro atoms. The first kappa shape index (κ1) is 14.3. The molecule has 23 heavy (non-hydrogen) atoms. The van der Waals surface area contributed by atoms with Crippen LogP contribution < -0.4 is 10.2 Å². The van der Waals surface area contributed by atoms with Crippen molar-refractivity contribution in [2.45, 2.75) is 12.8 Å². The summed E-state index contributed by atoms with van der Waals surface area (Å²) < 4.78 is 0. The molecule has 2 aromatic heterocycles. The Balaban J connectivity index is 1.43. The van der Waals surface area contributed by atoms with Gasteiger partial charge in [0.15, 0.2) is 0 Å². The molecule has 7 heteroatoms. The monoisotopic (exact) mass is 327 g/mol. The van der Waals surface area contributed by atoms with Crippen LogP contribution in [0.25, 0.3) is 0 Å². The van der Waals surface area contributed by atoms with E-state index >= 15 is 0 Å². The second-order valence-corrected chi connectivity index (χ2v) is 6.80. The maximum atomic E-state index is 12.1. The van der Waals surface area contributed by atoms with Crippen molar-refractivity contribution in [3.63, 3.8) is 0 Å². The highest BCUT2D eigenvalue weighted by Gasteiger charge is 2.33. The minimum atomic E-state index is -0.208. The van der Waals surface area contributed by atoms with Crippen molar-refractivity contribution in [1.82, 2.24) is 15.2 Å². The van der Waals surface area contributed by atoms with Gasteiger partial charge in [0.05, 0.1) is 5.56 Å². The van der Waals surface area contributed by atoms with Crippen LogP contribution in [-0.2, 0) is 0 Å². The molecule has 2 unspecified atom stereocenters. The van der Waals surface area contributed by atoms with Crippen molar-refractivity contribution in [1.29, 1.82) is 0 Å². The molecule has 118 valence electrons. The summed E-state index contributed by atoms with van der Waals surface area (Å²) in [6.07, 6.45) is 8.55. The average Bonchev–Trinajstić information content (AvgIpc) is 3.24. The van der Waals surface area contributed by atoms with Crippen molar-refractivity contribution in [3.8, 4) is 0 Å². The van der Waals surface area contributed by atoms with Gasteiger partial charge in [0, 0.05) is 19.3 Å². The molecule has 2 aliphatic rings. The number of pyridine rings is 1. The van der Waals surface area contributed by atoms with Crippen LogP contribution in [0.2, 0.25) is 0 Å². The number of amides is 1. The molecule has 1 fully saturated rings. The summed E-state index contributed by atoms with van der Waals surface area (Å²) in [5.41, 5.74) is 2.11. The van der Waals surface area contributed by atoms with E-state index < -0.39 is 0 Å². The van der Waals surface area contributed by atoms with Crippen LogP contribution in [0.3, 0.4) is 0 Å². The van der Waals surface area contributed by atoms with Crippen LogP contribution in [0.15, 0.2) is 36.0 Å². The molecule has 4 rings (SSSR count). The highest BCUT2D eigenvalue weighted by atomic mass is 32.1. The van der Waals surface area contributed by atoms with Crippen LogP contribution >= 0.6 is 11.3 Å².